The summed E-state index contributed by atoms with van der Waals surface area (Å²) < 4.78 is 2.23. The molecule has 0 saturated heterocycles. The molecule has 0 bridgehead atoms. The van der Waals surface area contributed by atoms with E-state index in [0.29, 0.717) is 0 Å². The molecule has 7 rings (SSSR count). The number of rotatable bonds is 4. The number of hydrogen-bond acceptors (Lipinski definition) is 1. The lowest BCUT2D eigenvalue weighted by Gasteiger charge is -2.32. The van der Waals surface area contributed by atoms with Crippen LogP contribution in [0.2, 0.25) is 0 Å². The quantitative estimate of drug-likeness (QED) is 0.207. The molecule has 0 unspecified atom stereocenters. The van der Waals surface area contributed by atoms with Crippen LogP contribution in [0.15, 0.2) is 152 Å². The van der Waals surface area contributed by atoms with Crippen LogP contribution in [0.4, 0.5) is 11.4 Å². The fraction of sp³-hybridized carbons (Fsp3) is 0.0513. The minimum atomic E-state index is 1.15. The molecule has 0 spiro atoms. The van der Waals surface area contributed by atoms with Gasteiger partial charge in [0.15, 0.2) is 6.20 Å². The van der Waals surface area contributed by atoms with Gasteiger partial charge >= 0.3 is 0 Å². The van der Waals surface area contributed by atoms with Crippen molar-refractivity contribution in [3.8, 4) is 33.4 Å². The molecule has 1 aliphatic rings. The summed E-state index contributed by atoms with van der Waals surface area (Å²) in [5.74, 6) is 0. The highest BCUT2D eigenvalue weighted by atomic mass is 15.2. The molecule has 5 aromatic carbocycles. The number of hydrogen-bond donors (Lipinski definition) is 0. The second-order valence-electron chi connectivity index (χ2n) is 10.5. The van der Waals surface area contributed by atoms with Crippen molar-refractivity contribution in [1.29, 1.82) is 0 Å². The maximum absolute atomic E-state index is 2.52. The summed E-state index contributed by atoms with van der Waals surface area (Å²) in [6.45, 7) is 2.27. The minimum absolute atomic E-state index is 1.15. The van der Waals surface area contributed by atoms with Gasteiger partial charge in [0.2, 0.25) is 5.69 Å². The number of para-hydroxylation sites is 2. The van der Waals surface area contributed by atoms with Gasteiger partial charge in [-0.25, -0.2) is 0 Å². The monoisotopic (exact) mass is 527 g/mol. The first-order valence-electron chi connectivity index (χ1n) is 14.1. The fourth-order valence-electron chi connectivity index (χ4n) is 6.15. The van der Waals surface area contributed by atoms with E-state index in [1.807, 2.05) is 0 Å². The van der Waals surface area contributed by atoms with Crippen molar-refractivity contribution in [3.05, 3.63) is 163 Å². The topological polar surface area (TPSA) is 7.12 Å². The third kappa shape index (κ3) is 4.25. The summed E-state index contributed by atoms with van der Waals surface area (Å²) >= 11 is 0. The zero-order valence-corrected chi connectivity index (χ0v) is 23.3. The van der Waals surface area contributed by atoms with E-state index in [0.717, 1.165) is 11.4 Å². The predicted octanol–water partition coefficient (Wildman–Crippen LogP) is 9.55. The van der Waals surface area contributed by atoms with Crippen molar-refractivity contribution < 1.29 is 4.57 Å². The molecule has 0 fully saturated rings. The summed E-state index contributed by atoms with van der Waals surface area (Å²) in [4.78, 5) is 2.52. The highest BCUT2D eigenvalue weighted by Crippen LogP contribution is 2.52. The van der Waals surface area contributed by atoms with Gasteiger partial charge in [0.05, 0.1) is 11.4 Å². The van der Waals surface area contributed by atoms with Crippen LogP contribution in [-0.4, -0.2) is 0 Å². The lowest BCUT2D eigenvalue weighted by molar-refractivity contribution is -0.673. The average molecular weight is 528 g/mol. The Morgan fingerprint density at radius 1 is 0.463 bits per heavy atom. The van der Waals surface area contributed by atoms with Crippen molar-refractivity contribution in [2.75, 3.05) is 4.90 Å². The van der Waals surface area contributed by atoms with E-state index in [-0.39, 0.29) is 0 Å². The first kappa shape index (κ1) is 24.8. The molecule has 2 nitrogen and oxygen atoms in total. The highest BCUT2D eigenvalue weighted by molar-refractivity contribution is 6.11. The van der Waals surface area contributed by atoms with E-state index < -0.39 is 0 Å². The minimum Gasteiger partial charge on any atom is -0.303 e. The summed E-state index contributed by atoms with van der Waals surface area (Å²) in [6, 6.07) is 52.3. The standard InChI is InChI=1S/C39H31N2/c1-28-31-20-9-10-21-34(31)35-22-11-12-25-36(35)41(38(28)37-26-13-14-27-40(37)2)39-32(29-16-5-3-6-17-29)23-15-24-33(39)30-18-7-4-8-19-30/h3-27H,1-2H3/q+1. The molecule has 0 radical (unpaired) electrons. The maximum Gasteiger partial charge on any atom is 0.229 e. The SMILES string of the molecule is CC1=C(c2cccc[n+]2C)N(c2c(-c3ccccc3)cccc2-c2ccccc2)c2ccccc2-c2ccccc21. The van der Waals surface area contributed by atoms with Crippen molar-refractivity contribution in [3.63, 3.8) is 0 Å². The van der Waals surface area contributed by atoms with Gasteiger partial charge in [0.1, 0.15) is 12.7 Å². The van der Waals surface area contributed by atoms with Crippen molar-refractivity contribution >= 4 is 22.6 Å². The largest absolute Gasteiger partial charge is 0.303 e. The number of aromatic nitrogens is 1. The molecule has 0 N–H and O–H groups in total. The number of anilines is 2. The average Bonchev–Trinajstić information content (AvgIpc) is 3.14. The van der Waals surface area contributed by atoms with Crippen LogP contribution in [0.1, 0.15) is 18.2 Å². The second-order valence-corrected chi connectivity index (χ2v) is 10.5. The Kier molecular flexibility index (Phi) is 6.29. The Bertz CT molecular complexity index is 1840. The molecule has 41 heavy (non-hydrogen) atoms. The summed E-state index contributed by atoms with van der Waals surface area (Å²) in [6.07, 6.45) is 2.14. The fourth-order valence-corrected chi connectivity index (χ4v) is 6.15. The van der Waals surface area contributed by atoms with E-state index >= 15 is 0 Å². The van der Waals surface area contributed by atoms with Gasteiger partial charge in [-0.2, -0.15) is 4.57 Å². The van der Waals surface area contributed by atoms with E-state index in [9.17, 15) is 0 Å². The first-order chi connectivity index (χ1) is 20.2. The van der Waals surface area contributed by atoms with Crippen molar-refractivity contribution in [2.24, 2.45) is 7.05 Å². The van der Waals surface area contributed by atoms with Gasteiger partial charge in [-0.3, -0.25) is 0 Å². The zero-order valence-electron chi connectivity index (χ0n) is 23.3. The molecule has 1 aliphatic heterocycles. The van der Waals surface area contributed by atoms with Gasteiger partial charge in [-0.15, -0.1) is 0 Å². The van der Waals surface area contributed by atoms with Crippen LogP contribution in [0.3, 0.4) is 0 Å². The predicted molar refractivity (Wildman–Crippen MR) is 171 cm³/mol. The molecule has 196 valence electrons. The van der Waals surface area contributed by atoms with Gasteiger partial charge in [0, 0.05) is 28.8 Å². The Morgan fingerprint density at radius 3 is 1.61 bits per heavy atom. The molecule has 2 heterocycles. The number of benzene rings is 5. The van der Waals surface area contributed by atoms with E-state index in [1.54, 1.807) is 0 Å². The lowest BCUT2D eigenvalue weighted by Crippen LogP contribution is -2.35. The smallest absolute Gasteiger partial charge is 0.229 e. The van der Waals surface area contributed by atoms with E-state index in [1.165, 1.54) is 55.9 Å². The van der Waals surface area contributed by atoms with Crippen LogP contribution in [-0.2, 0) is 7.05 Å². The number of aryl methyl sites for hydroxylation is 1. The highest BCUT2D eigenvalue weighted by Gasteiger charge is 2.33. The maximum atomic E-state index is 2.52. The molecule has 0 saturated carbocycles. The van der Waals surface area contributed by atoms with Crippen LogP contribution in [0.5, 0.6) is 0 Å². The van der Waals surface area contributed by atoms with Gasteiger partial charge < -0.3 is 4.90 Å². The Morgan fingerprint density at radius 2 is 0.976 bits per heavy atom. The molecule has 0 amide bonds. The third-order valence-corrected chi connectivity index (χ3v) is 8.07. The lowest BCUT2D eigenvalue weighted by atomic mass is 9.93. The zero-order chi connectivity index (χ0) is 27.8. The number of allylic oxidation sites excluding steroid dienone is 1. The normalized spacial score (nSPS) is 12.5. The summed E-state index contributed by atoms with van der Waals surface area (Å²) in [5, 5.41) is 0. The van der Waals surface area contributed by atoms with Crippen LogP contribution < -0.4 is 9.47 Å². The Balaban J connectivity index is 1.67. The van der Waals surface area contributed by atoms with Crippen LogP contribution in [0.25, 0.3) is 44.7 Å². The van der Waals surface area contributed by atoms with Gasteiger partial charge in [-0.05, 0) is 46.9 Å². The number of fused-ring (bicyclic) bond motifs is 3. The summed E-state index contributed by atoms with van der Waals surface area (Å²) in [7, 11) is 2.14. The van der Waals surface area contributed by atoms with Crippen molar-refractivity contribution in [2.45, 2.75) is 6.92 Å². The second kappa shape index (κ2) is 10.4. The number of nitrogens with zero attached hydrogens (tertiary/aromatic N) is 2. The number of pyridine rings is 1. The molecular weight excluding hydrogens is 496 g/mol. The third-order valence-electron chi connectivity index (χ3n) is 8.07. The van der Waals surface area contributed by atoms with Crippen LogP contribution >= 0.6 is 0 Å². The summed E-state index contributed by atoms with van der Waals surface area (Å²) in [5.41, 5.74) is 14.4. The molecule has 0 atom stereocenters. The Labute approximate surface area is 242 Å². The molecule has 2 heteroatoms. The van der Waals surface area contributed by atoms with Crippen molar-refractivity contribution in [1.82, 2.24) is 0 Å². The first-order valence-corrected chi connectivity index (χ1v) is 14.1. The van der Waals surface area contributed by atoms with E-state index in [4.69, 9.17) is 0 Å². The molecule has 6 aromatic rings. The molecule has 0 aliphatic carbocycles. The Hall–Kier alpha value is -5.21. The molecule has 1 aromatic heterocycles. The van der Waals surface area contributed by atoms with Gasteiger partial charge in [0.25, 0.3) is 0 Å². The van der Waals surface area contributed by atoms with Crippen LogP contribution in [0, 0.1) is 0 Å². The molecular formula is C39H31N2+. The van der Waals surface area contributed by atoms with E-state index in [2.05, 4.69) is 175 Å². The van der Waals surface area contributed by atoms with Gasteiger partial charge in [-0.1, -0.05) is 121 Å².